The first kappa shape index (κ1) is 7.80. The standard InChI is InChI=1S/C9H12N2S/c1-6(2)8-4-7-5-10-11(3)9(7)12-8/h4-6H,1-3H3. The fourth-order valence-corrected chi connectivity index (χ4v) is 2.30. The van der Waals surface area contributed by atoms with Crippen LogP contribution in [0.2, 0.25) is 0 Å². The van der Waals surface area contributed by atoms with E-state index in [0.29, 0.717) is 5.92 Å². The van der Waals surface area contributed by atoms with E-state index in [1.807, 2.05) is 29.3 Å². The maximum atomic E-state index is 4.18. The van der Waals surface area contributed by atoms with Gasteiger partial charge in [-0.25, -0.2) is 0 Å². The van der Waals surface area contributed by atoms with Gasteiger partial charge in [0.05, 0.1) is 6.20 Å². The largest absolute Gasteiger partial charge is 0.258 e. The Labute approximate surface area is 75.8 Å². The topological polar surface area (TPSA) is 17.8 Å². The lowest BCUT2D eigenvalue weighted by atomic mass is 10.2. The molecular weight excluding hydrogens is 168 g/mol. The Bertz CT molecular complexity index is 397. The quantitative estimate of drug-likeness (QED) is 0.660. The van der Waals surface area contributed by atoms with Gasteiger partial charge in [0.15, 0.2) is 0 Å². The Morgan fingerprint density at radius 2 is 2.25 bits per heavy atom. The summed E-state index contributed by atoms with van der Waals surface area (Å²) in [6, 6.07) is 2.23. The van der Waals surface area contributed by atoms with Gasteiger partial charge < -0.3 is 0 Å². The lowest BCUT2D eigenvalue weighted by Crippen LogP contribution is -1.86. The Morgan fingerprint density at radius 3 is 2.83 bits per heavy atom. The van der Waals surface area contributed by atoms with Crippen LogP contribution in [0.15, 0.2) is 12.3 Å². The van der Waals surface area contributed by atoms with E-state index in [0.717, 1.165) is 0 Å². The van der Waals surface area contributed by atoms with Crippen molar-refractivity contribution in [2.24, 2.45) is 7.05 Å². The van der Waals surface area contributed by atoms with Gasteiger partial charge in [0.1, 0.15) is 4.83 Å². The molecule has 0 fully saturated rings. The number of hydrogen-bond donors (Lipinski definition) is 0. The number of aromatic nitrogens is 2. The Balaban J connectivity index is 2.63. The van der Waals surface area contributed by atoms with Crippen LogP contribution in [0.4, 0.5) is 0 Å². The fraction of sp³-hybridized carbons (Fsp3) is 0.444. The van der Waals surface area contributed by atoms with Crippen molar-refractivity contribution in [2.75, 3.05) is 0 Å². The molecule has 2 aromatic rings. The minimum absolute atomic E-state index is 0.627. The monoisotopic (exact) mass is 180 g/mol. The molecule has 0 N–H and O–H groups in total. The van der Waals surface area contributed by atoms with E-state index in [9.17, 15) is 0 Å². The van der Waals surface area contributed by atoms with Crippen molar-refractivity contribution in [1.82, 2.24) is 9.78 Å². The molecule has 0 aliphatic carbocycles. The van der Waals surface area contributed by atoms with Gasteiger partial charge in [-0.15, -0.1) is 11.3 Å². The maximum Gasteiger partial charge on any atom is 0.121 e. The molecular formula is C9H12N2S. The van der Waals surface area contributed by atoms with Gasteiger partial charge in [-0.2, -0.15) is 5.10 Å². The second kappa shape index (κ2) is 2.59. The third-order valence-electron chi connectivity index (χ3n) is 1.99. The highest BCUT2D eigenvalue weighted by atomic mass is 32.1. The number of rotatable bonds is 1. The molecule has 64 valence electrons. The predicted octanol–water partition coefficient (Wildman–Crippen LogP) is 2.76. The smallest absolute Gasteiger partial charge is 0.121 e. The third kappa shape index (κ3) is 1.05. The van der Waals surface area contributed by atoms with Crippen molar-refractivity contribution in [2.45, 2.75) is 19.8 Å². The van der Waals surface area contributed by atoms with E-state index < -0.39 is 0 Å². The van der Waals surface area contributed by atoms with Crippen LogP contribution < -0.4 is 0 Å². The van der Waals surface area contributed by atoms with Crippen LogP contribution >= 0.6 is 11.3 Å². The molecule has 0 atom stereocenters. The number of fused-ring (bicyclic) bond motifs is 1. The van der Waals surface area contributed by atoms with Crippen LogP contribution in [-0.4, -0.2) is 9.78 Å². The van der Waals surface area contributed by atoms with Gasteiger partial charge in [0, 0.05) is 17.3 Å². The molecule has 2 aromatic heterocycles. The van der Waals surface area contributed by atoms with Gasteiger partial charge in [-0.1, -0.05) is 13.8 Å². The van der Waals surface area contributed by atoms with Crippen molar-refractivity contribution in [3.8, 4) is 0 Å². The van der Waals surface area contributed by atoms with Gasteiger partial charge >= 0.3 is 0 Å². The highest BCUT2D eigenvalue weighted by Gasteiger charge is 2.07. The Hall–Kier alpha value is -0.830. The molecule has 0 saturated heterocycles. The molecule has 2 nitrogen and oxygen atoms in total. The zero-order chi connectivity index (χ0) is 8.72. The van der Waals surface area contributed by atoms with Crippen molar-refractivity contribution < 1.29 is 0 Å². The summed E-state index contributed by atoms with van der Waals surface area (Å²) in [5.74, 6) is 0.627. The average Bonchev–Trinajstić information content (AvgIpc) is 2.53. The van der Waals surface area contributed by atoms with Crippen LogP contribution in [0, 0.1) is 0 Å². The lowest BCUT2D eigenvalue weighted by Gasteiger charge is -1.96. The van der Waals surface area contributed by atoms with Crippen LogP contribution in [0.1, 0.15) is 24.6 Å². The minimum atomic E-state index is 0.627. The molecule has 0 bridgehead atoms. The van der Waals surface area contributed by atoms with Crippen molar-refractivity contribution >= 4 is 21.6 Å². The molecule has 0 saturated carbocycles. The normalized spacial score (nSPS) is 11.7. The SMILES string of the molecule is CC(C)c1cc2cnn(C)c2s1. The fourth-order valence-electron chi connectivity index (χ4n) is 1.25. The molecule has 3 heteroatoms. The molecule has 0 aromatic carbocycles. The Morgan fingerprint density at radius 1 is 1.50 bits per heavy atom. The van der Waals surface area contributed by atoms with Crippen molar-refractivity contribution in [3.05, 3.63) is 17.1 Å². The van der Waals surface area contributed by atoms with E-state index in [2.05, 4.69) is 25.0 Å². The van der Waals surface area contributed by atoms with E-state index in [1.54, 1.807) is 0 Å². The van der Waals surface area contributed by atoms with Crippen LogP contribution in [-0.2, 0) is 7.05 Å². The summed E-state index contributed by atoms with van der Waals surface area (Å²) >= 11 is 1.84. The summed E-state index contributed by atoms with van der Waals surface area (Å²) in [5, 5.41) is 5.45. The van der Waals surface area contributed by atoms with Gasteiger partial charge in [-0.05, 0) is 12.0 Å². The van der Waals surface area contributed by atoms with Crippen molar-refractivity contribution in [1.29, 1.82) is 0 Å². The van der Waals surface area contributed by atoms with E-state index in [1.165, 1.54) is 15.1 Å². The molecule has 0 amide bonds. The van der Waals surface area contributed by atoms with Crippen molar-refractivity contribution in [3.63, 3.8) is 0 Å². The van der Waals surface area contributed by atoms with Gasteiger partial charge in [0.2, 0.25) is 0 Å². The molecule has 0 spiro atoms. The summed E-state index contributed by atoms with van der Waals surface area (Å²) in [4.78, 5) is 2.72. The molecule has 0 aliphatic heterocycles. The maximum absolute atomic E-state index is 4.18. The zero-order valence-electron chi connectivity index (χ0n) is 7.53. The summed E-state index contributed by atoms with van der Waals surface area (Å²) in [5.41, 5.74) is 0. The second-order valence-corrected chi connectivity index (χ2v) is 4.39. The van der Waals surface area contributed by atoms with Gasteiger partial charge in [0.25, 0.3) is 0 Å². The average molecular weight is 180 g/mol. The number of nitrogens with zero attached hydrogens (tertiary/aromatic N) is 2. The first-order valence-electron chi connectivity index (χ1n) is 4.10. The first-order chi connectivity index (χ1) is 5.68. The zero-order valence-corrected chi connectivity index (χ0v) is 8.35. The molecule has 2 heterocycles. The highest BCUT2D eigenvalue weighted by molar-refractivity contribution is 7.18. The molecule has 0 radical (unpaired) electrons. The second-order valence-electron chi connectivity index (χ2n) is 3.33. The first-order valence-corrected chi connectivity index (χ1v) is 4.91. The van der Waals surface area contributed by atoms with E-state index in [-0.39, 0.29) is 0 Å². The molecule has 12 heavy (non-hydrogen) atoms. The number of hydrogen-bond acceptors (Lipinski definition) is 2. The van der Waals surface area contributed by atoms with E-state index >= 15 is 0 Å². The predicted molar refractivity (Wildman–Crippen MR) is 52.7 cm³/mol. The highest BCUT2D eigenvalue weighted by Crippen LogP contribution is 2.29. The lowest BCUT2D eigenvalue weighted by molar-refractivity contribution is 0.802. The van der Waals surface area contributed by atoms with E-state index in [4.69, 9.17) is 0 Å². The number of thiophene rings is 1. The molecule has 0 unspecified atom stereocenters. The summed E-state index contributed by atoms with van der Waals surface area (Å²) in [6.07, 6.45) is 1.93. The summed E-state index contributed by atoms with van der Waals surface area (Å²) in [7, 11) is 1.99. The Kier molecular flexibility index (Phi) is 1.68. The van der Waals surface area contributed by atoms with Crippen LogP contribution in [0.5, 0.6) is 0 Å². The molecule has 0 aliphatic rings. The number of aryl methyl sites for hydroxylation is 1. The van der Waals surface area contributed by atoms with Crippen LogP contribution in [0.3, 0.4) is 0 Å². The molecule has 2 rings (SSSR count). The summed E-state index contributed by atoms with van der Waals surface area (Å²) < 4.78 is 1.94. The van der Waals surface area contributed by atoms with Crippen LogP contribution in [0.25, 0.3) is 10.2 Å². The summed E-state index contributed by atoms with van der Waals surface area (Å²) in [6.45, 7) is 4.44. The third-order valence-corrected chi connectivity index (χ3v) is 3.51. The minimum Gasteiger partial charge on any atom is -0.258 e. The van der Waals surface area contributed by atoms with Gasteiger partial charge in [-0.3, -0.25) is 4.68 Å².